The van der Waals surface area contributed by atoms with Crippen molar-refractivity contribution in [2.24, 2.45) is 0 Å². The topological polar surface area (TPSA) is 51.8 Å². The molecule has 6 heteroatoms. The van der Waals surface area contributed by atoms with Gasteiger partial charge in [-0.25, -0.2) is 4.98 Å². The Labute approximate surface area is 83.7 Å². The molecular formula is C6H9N3S3. The molecule has 1 aromatic rings. The average molecular weight is 219 g/mol. The second-order valence-electron chi connectivity index (χ2n) is 2.43. The Kier molecular flexibility index (Phi) is 2.77. The lowest BCUT2D eigenvalue weighted by Crippen LogP contribution is -2.07. The minimum atomic E-state index is 0.470. The minimum Gasteiger partial charge on any atom is -0.374 e. The van der Waals surface area contributed by atoms with E-state index >= 15 is 0 Å². The largest absolute Gasteiger partial charge is 0.374 e. The van der Waals surface area contributed by atoms with Crippen LogP contribution in [-0.4, -0.2) is 26.6 Å². The van der Waals surface area contributed by atoms with Crippen molar-refractivity contribution in [2.45, 2.75) is 5.25 Å². The number of rotatable bonds is 1. The number of anilines is 1. The number of hydrogen-bond acceptors (Lipinski definition) is 6. The molecule has 0 aromatic carbocycles. The van der Waals surface area contributed by atoms with E-state index in [2.05, 4.69) is 9.36 Å². The van der Waals surface area contributed by atoms with Crippen LogP contribution in [0.4, 0.5) is 5.13 Å². The first-order chi connectivity index (χ1) is 5.86. The summed E-state index contributed by atoms with van der Waals surface area (Å²) in [6.07, 6.45) is 0. The second kappa shape index (κ2) is 3.85. The number of aromatic nitrogens is 2. The molecule has 12 heavy (non-hydrogen) atoms. The maximum Gasteiger partial charge on any atom is 0.199 e. The highest BCUT2D eigenvalue weighted by Crippen LogP contribution is 2.35. The standard InChI is InChI=1S/C6H9N3S3/c7-6-8-5(9-12-6)4-3-10-1-2-11-4/h4H,1-3H2,(H2,7,8,9). The fourth-order valence-electron chi connectivity index (χ4n) is 1.01. The molecule has 3 nitrogen and oxygen atoms in total. The van der Waals surface area contributed by atoms with Crippen LogP contribution in [0.25, 0.3) is 0 Å². The van der Waals surface area contributed by atoms with Gasteiger partial charge in [0, 0.05) is 28.8 Å². The van der Waals surface area contributed by atoms with E-state index in [1.165, 1.54) is 23.0 Å². The highest BCUT2D eigenvalue weighted by atomic mass is 32.2. The fraction of sp³-hybridized carbons (Fsp3) is 0.667. The molecule has 0 bridgehead atoms. The molecule has 2 heterocycles. The maximum absolute atomic E-state index is 5.51. The number of thioether (sulfide) groups is 2. The summed E-state index contributed by atoms with van der Waals surface area (Å²) in [5, 5.41) is 1.05. The first-order valence-electron chi connectivity index (χ1n) is 3.64. The summed E-state index contributed by atoms with van der Waals surface area (Å²) < 4.78 is 4.21. The summed E-state index contributed by atoms with van der Waals surface area (Å²) in [7, 11) is 0. The van der Waals surface area contributed by atoms with Gasteiger partial charge < -0.3 is 5.73 Å². The number of hydrogen-bond donors (Lipinski definition) is 1. The van der Waals surface area contributed by atoms with Gasteiger partial charge in [-0.2, -0.15) is 16.1 Å². The molecule has 1 aliphatic heterocycles. The molecule has 0 spiro atoms. The van der Waals surface area contributed by atoms with E-state index in [4.69, 9.17) is 5.73 Å². The van der Waals surface area contributed by atoms with Crippen LogP contribution in [0.15, 0.2) is 0 Å². The van der Waals surface area contributed by atoms with Gasteiger partial charge in [-0.3, -0.25) is 0 Å². The molecule has 0 aliphatic carbocycles. The maximum atomic E-state index is 5.51. The Morgan fingerprint density at radius 2 is 2.33 bits per heavy atom. The van der Waals surface area contributed by atoms with Gasteiger partial charge in [-0.05, 0) is 0 Å². The Hall–Kier alpha value is 0.0600. The van der Waals surface area contributed by atoms with Crippen LogP contribution in [0.2, 0.25) is 0 Å². The van der Waals surface area contributed by atoms with Crippen molar-refractivity contribution >= 4 is 40.2 Å². The van der Waals surface area contributed by atoms with Gasteiger partial charge in [0.25, 0.3) is 0 Å². The van der Waals surface area contributed by atoms with Gasteiger partial charge in [0.1, 0.15) is 0 Å². The quantitative estimate of drug-likeness (QED) is 0.778. The highest BCUT2D eigenvalue weighted by Gasteiger charge is 2.20. The van der Waals surface area contributed by atoms with Gasteiger partial charge in [0.05, 0.1) is 5.25 Å². The summed E-state index contributed by atoms with van der Waals surface area (Å²) in [5.41, 5.74) is 5.51. The molecule has 1 saturated heterocycles. The number of nitrogens with zero attached hydrogens (tertiary/aromatic N) is 2. The van der Waals surface area contributed by atoms with Crippen molar-refractivity contribution in [1.29, 1.82) is 0 Å². The zero-order valence-electron chi connectivity index (χ0n) is 6.40. The van der Waals surface area contributed by atoms with Gasteiger partial charge in [-0.1, -0.05) is 0 Å². The Morgan fingerprint density at radius 3 is 2.92 bits per heavy atom. The molecule has 2 rings (SSSR count). The van der Waals surface area contributed by atoms with Crippen LogP contribution in [0.1, 0.15) is 11.1 Å². The number of nitrogens with two attached hydrogens (primary N) is 1. The van der Waals surface area contributed by atoms with Crippen LogP contribution in [0.5, 0.6) is 0 Å². The summed E-state index contributed by atoms with van der Waals surface area (Å²) in [4.78, 5) is 4.19. The molecule has 2 N–H and O–H groups in total. The molecule has 0 amide bonds. The predicted octanol–water partition coefficient (Wildman–Crippen LogP) is 1.64. The summed E-state index contributed by atoms with van der Waals surface area (Å²) in [5.74, 6) is 4.51. The van der Waals surface area contributed by atoms with Crippen molar-refractivity contribution in [3.8, 4) is 0 Å². The second-order valence-corrected chi connectivity index (χ2v) is 5.67. The van der Waals surface area contributed by atoms with Crippen LogP contribution >= 0.6 is 35.1 Å². The van der Waals surface area contributed by atoms with Gasteiger partial charge in [0.2, 0.25) is 0 Å². The number of nitrogen functional groups attached to an aromatic ring is 1. The smallest absolute Gasteiger partial charge is 0.199 e. The summed E-state index contributed by atoms with van der Waals surface area (Å²) in [6.45, 7) is 0. The van der Waals surface area contributed by atoms with Crippen LogP contribution in [0.3, 0.4) is 0 Å². The highest BCUT2D eigenvalue weighted by molar-refractivity contribution is 8.06. The van der Waals surface area contributed by atoms with Gasteiger partial charge in [-0.15, -0.1) is 11.8 Å². The molecular weight excluding hydrogens is 210 g/mol. The van der Waals surface area contributed by atoms with Crippen LogP contribution in [0, 0.1) is 0 Å². The van der Waals surface area contributed by atoms with E-state index in [0.29, 0.717) is 10.4 Å². The van der Waals surface area contributed by atoms with Crippen LogP contribution in [-0.2, 0) is 0 Å². The Bertz CT molecular complexity index is 256. The van der Waals surface area contributed by atoms with Crippen molar-refractivity contribution < 1.29 is 0 Å². The van der Waals surface area contributed by atoms with E-state index in [1.807, 2.05) is 23.5 Å². The Balaban J connectivity index is 2.08. The van der Waals surface area contributed by atoms with Crippen molar-refractivity contribution in [1.82, 2.24) is 9.36 Å². The lowest BCUT2D eigenvalue weighted by molar-refractivity contribution is 0.980. The third kappa shape index (κ3) is 1.86. The van der Waals surface area contributed by atoms with E-state index in [-0.39, 0.29) is 0 Å². The monoisotopic (exact) mass is 219 g/mol. The molecule has 0 radical (unpaired) electrons. The van der Waals surface area contributed by atoms with Crippen molar-refractivity contribution in [2.75, 3.05) is 23.0 Å². The van der Waals surface area contributed by atoms with E-state index in [1.54, 1.807) is 0 Å². The molecule has 1 fully saturated rings. The van der Waals surface area contributed by atoms with E-state index < -0.39 is 0 Å². The molecule has 1 unspecified atom stereocenters. The van der Waals surface area contributed by atoms with Crippen LogP contribution < -0.4 is 5.73 Å². The van der Waals surface area contributed by atoms with E-state index in [9.17, 15) is 0 Å². The zero-order valence-corrected chi connectivity index (χ0v) is 8.84. The SMILES string of the molecule is Nc1nc(C2CSCCS2)ns1. The third-order valence-electron chi connectivity index (χ3n) is 1.56. The molecule has 66 valence electrons. The minimum absolute atomic E-state index is 0.470. The van der Waals surface area contributed by atoms with Gasteiger partial charge in [0.15, 0.2) is 11.0 Å². The van der Waals surface area contributed by atoms with Gasteiger partial charge >= 0.3 is 0 Å². The molecule has 1 atom stereocenters. The third-order valence-corrected chi connectivity index (χ3v) is 4.87. The summed E-state index contributed by atoms with van der Waals surface area (Å²) >= 11 is 5.20. The van der Waals surface area contributed by atoms with Crippen molar-refractivity contribution in [3.05, 3.63) is 5.82 Å². The summed E-state index contributed by atoms with van der Waals surface area (Å²) in [6, 6.07) is 0. The molecule has 0 saturated carbocycles. The lowest BCUT2D eigenvalue weighted by atomic mass is 10.4. The fourth-order valence-corrected chi connectivity index (χ4v) is 4.17. The lowest BCUT2D eigenvalue weighted by Gasteiger charge is -2.17. The molecule has 1 aliphatic rings. The average Bonchev–Trinajstić information content (AvgIpc) is 2.54. The zero-order chi connectivity index (χ0) is 8.39. The van der Waals surface area contributed by atoms with Crippen molar-refractivity contribution in [3.63, 3.8) is 0 Å². The first kappa shape index (κ1) is 8.65. The van der Waals surface area contributed by atoms with E-state index in [0.717, 1.165) is 11.6 Å². The Morgan fingerprint density at radius 1 is 1.42 bits per heavy atom. The molecule has 1 aromatic heterocycles. The predicted molar refractivity (Wildman–Crippen MR) is 56.8 cm³/mol. The normalized spacial score (nSPS) is 24.2. The first-order valence-corrected chi connectivity index (χ1v) is 6.62.